The van der Waals surface area contributed by atoms with Gasteiger partial charge in [0, 0.05) is 5.92 Å². The highest BCUT2D eigenvalue weighted by molar-refractivity contribution is 5.95. The summed E-state index contributed by atoms with van der Waals surface area (Å²) in [6.07, 6.45) is 5.50. The topological polar surface area (TPSA) is 60.1 Å². The summed E-state index contributed by atoms with van der Waals surface area (Å²) in [4.78, 5) is 12.6. The minimum absolute atomic E-state index is 0.104. The molecule has 2 aromatic heterocycles. The first-order valence-electron chi connectivity index (χ1n) is 8.18. The number of para-hydroxylation sites is 1. The molecule has 1 fully saturated rings. The SMILES string of the molecule is Cc1ccccc1-n1ncc(C(=O)NCc2ccco2)c1C1CC1. The Labute approximate surface area is 140 Å². The van der Waals surface area contributed by atoms with Crippen molar-refractivity contribution >= 4 is 5.91 Å². The number of nitrogens with one attached hydrogen (secondary N) is 1. The summed E-state index contributed by atoms with van der Waals surface area (Å²) in [7, 11) is 0. The van der Waals surface area contributed by atoms with Crippen LogP contribution in [0.5, 0.6) is 0 Å². The summed E-state index contributed by atoms with van der Waals surface area (Å²) in [5.74, 6) is 1.05. The fourth-order valence-electron chi connectivity index (χ4n) is 2.95. The lowest BCUT2D eigenvalue weighted by atomic mass is 10.1. The first-order chi connectivity index (χ1) is 11.7. The molecule has 122 valence electrons. The van der Waals surface area contributed by atoms with Crippen LogP contribution in [0, 0.1) is 6.92 Å². The monoisotopic (exact) mass is 321 g/mol. The smallest absolute Gasteiger partial charge is 0.255 e. The van der Waals surface area contributed by atoms with Crippen molar-refractivity contribution < 1.29 is 9.21 Å². The van der Waals surface area contributed by atoms with E-state index < -0.39 is 0 Å². The van der Waals surface area contributed by atoms with Gasteiger partial charge < -0.3 is 9.73 Å². The van der Waals surface area contributed by atoms with Crippen LogP contribution in [-0.4, -0.2) is 15.7 Å². The van der Waals surface area contributed by atoms with Crippen LogP contribution in [0.4, 0.5) is 0 Å². The number of furan rings is 1. The second-order valence-electron chi connectivity index (χ2n) is 6.18. The summed E-state index contributed by atoms with van der Waals surface area (Å²) in [6.45, 7) is 2.44. The van der Waals surface area contributed by atoms with Crippen LogP contribution < -0.4 is 5.32 Å². The average molecular weight is 321 g/mol. The second kappa shape index (κ2) is 6.00. The van der Waals surface area contributed by atoms with Crippen LogP contribution in [0.1, 0.15) is 46.1 Å². The zero-order valence-electron chi connectivity index (χ0n) is 13.5. The summed E-state index contributed by atoms with van der Waals surface area (Å²) < 4.78 is 7.19. The third-order valence-electron chi connectivity index (χ3n) is 4.36. The van der Waals surface area contributed by atoms with Crippen molar-refractivity contribution in [2.75, 3.05) is 0 Å². The molecular weight excluding hydrogens is 302 g/mol. The van der Waals surface area contributed by atoms with E-state index in [9.17, 15) is 4.79 Å². The lowest BCUT2D eigenvalue weighted by Gasteiger charge is -2.11. The van der Waals surface area contributed by atoms with Crippen molar-refractivity contribution in [3.63, 3.8) is 0 Å². The van der Waals surface area contributed by atoms with Crippen molar-refractivity contribution in [2.45, 2.75) is 32.2 Å². The number of amides is 1. The predicted molar refractivity (Wildman–Crippen MR) is 90.2 cm³/mol. The molecule has 0 aliphatic heterocycles. The number of carbonyl (C=O) groups excluding carboxylic acids is 1. The van der Waals surface area contributed by atoms with E-state index in [0.717, 1.165) is 35.5 Å². The summed E-state index contributed by atoms with van der Waals surface area (Å²) in [6, 6.07) is 11.8. The fraction of sp³-hybridized carbons (Fsp3) is 0.263. The number of aromatic nitrogens is 2. The van der Waals surface area contributed by atoms with Crippen LogP contribution in [-0.2, 0) is 6.54 Å². The Morgan fingerprint density at radius 3 is 2.83 bits per heavy atom. The molecule has 1 N–H and O–H groups in total. The maximum atomic E-state index is 12.6. The molecule has 1 aliphatic rings. The number of nitrogens with zero attached hydrogens (tertiary/aromatic N) is 2. The molecular formula is C19H19N3O2. The van der Waals surface area contributed by atoms with E-state index in [1.165, 1.54) is 0 Å². The Morgan fingerprint density at radius 2 is 2.12 bits per heavy atom. The van der Waals surface area contributed by atoms with Crippen LogP contribution in [0.15, 0.2) is 53.3 Å². The summed E-state index contributed by atoms with van der Waals surface area (Å²) in [5, 5.41) is 7.42. The van der Waals surface area contributed by atoms with Gasteiger partial charge in [-0.3, -0.25) is 4.79 Å². The molecule has 3 aromatic rings. The van der Waals surface area contributed by atoms with Crippen molar-refractivity contribution in [3.8, 4) is 5.69 Å². The van der Waals surface area contributed by atoms with Crippen molar-refractivity contribution in [1.82, 2.24) is 15.1 Å². The molecule has 1 aliphatic carbocycles. The van der Waals surface area contributed by atoms with Crippen LogP contribution >= 0.6 is 0 Å². The Bertz CT molecular complexity index is 861. The lowest BCUT2D eigenvalue weighted by molar-refractivity contribution is 0.0947. The maximum Gasteiger partial charge on any atom is 0.255 e. The zero-order chi connectivity index (χ0) is 16.5. The molecule has 24 heavy (non-hydrogen) atoms. The highest BCUT2D eigenvalue weighted by Gasteiger charge is 2.33. The Hall–Kier alpha value is -2.82. The Balaban J connectivity index is 1.64. The van der Waals surface area contributed by atoms with Crippen LogP contribution in [0.25, 0.3) is 5.69 Å². The zero-order valence-corrected chi connectivity index (χ0v) is 13.5. The molecule has 2 heterocycles. The molecule has 5 nitrogen and oxygen atoms in total. The number of benzene rings is 1. The summed E-state index contributed by atoms with van der Waals surface area (Å²) >= 11 is 0. The quantitative estimate of drug-likeness (QED) is 0.781. The lowest BCUT2D eigenvalue weighted by Crippen LogP contribution is -2.23. The van der Waals surface area contributed by atoms with Gasteiger partial charge in [-0.15, -0.1) is 0 Å². The van der Waals surface area contributed by atoms with E-state index in [1.807, 2.05) is 35.0 Å². The van der Waals surface area contributed by atoms with Crippen LogP contribution in [0.2, 0.25) is 0 Å². The van der Waals surface area contributed by atoms with Gasteiger partial charge in [0.2, 0.25) is 0 Å². The minimum atomic E-state index is -0.104. The first kappa shape index (κ1) is 14.8. The van der Waals surface area contributed by atoms with E-state index in [4.69, 9.17) is 4.42 Å². The van der Waals surface area contributed by atoms with E-state index in [0.29, 0.717) is 18.0 Å². The van der Waals surface area contributed by atoms with Gasteiger partial charge in [0.25, 0.3) is 5.91 Å². The fourth-order valence-corrected chi connectivity index (χ4v) is 2.95. The van der Waals surface area contributed by atoms with Crippen LogP contribution in [0.3, 0.4) is 0 Å². The van der Waals surface area contributed by atoms with Gasteiger partial charge >= 0.3 is 0 Å². The highest BCUT2D eigenvalue weighted by Crippen LogP contribution is 2.42. The maximum absolute atomic E-state index is 12.6. The second-order valence-corrected chi connectivity index (χ2v) is 6.18. The average Bonchev–Trinajstić information content (AvgIpc) is 3.12. The van der Waals surface area contributed by atoms with Gasteiger partial charge in [-0.2, -0.15) is 5.10 Å². The van der Waals surface area contributed by atoms with E-state index in [-0.39, 0.29) is 5.91 Å². The highest BCUT2D eigenvalue weighted by atomic mass is 16.3. The number of aryl methyl sites for hydroxylation is 1. The molecule has 5 heteroatoms. The molecule has 0 unspecified atom stereocenters. The van der Waals surface area contributed by atoms with Gasteiger partial charge in [-0.05, 0) is 43.5 Å². The molecule has 0 saturated heterocycles. The molecule has 1 saturated carbocycles. The van der Waals surface area contributed by atoms with E-state index in [1.54, 1.807) is 12.5 Å². The molecule has 0 bridgehead atoms. The summed E-state index contributed by atoms with van der Waals surface area (Å²) in [5.41, 5.74) is 3.85. The van der Waals surface area contributed by atoms with Crippen molar-refractivity contribution in [3.05, 3.63) is 71.4 Å². The number of rotatable bonds is 5. The third kappa shape index (κ3) is 2.73. The molecule has 1 amide bonds. The van der Waals surface area contributed by atoms with Gasteiger partial charge in [-0.25, -0.2) is 4.68 Å². The van der Waals surface area contributed by atoms with Crippen molar-refractivity contribution in [1.29, 1.82) is 0 Å². The van der Waals surface area contributed by atoms with Gasteiger partial charge in [0.05, 0.1) is 35.9 Å². The number of hydrogen-bond donors (Lipinski definition) is 1. The van der Waals surface area contributed by atoms with E-state index in [2.05, 4.69) is 23.4 Å². The number of carbonyl (C=O) groups is 1. The molecule has 1 aromatic carbocycles. The Kier molecular flexibility index (Phi) is 3.69. The first-order valence-corrected chi connectivity index (χ1v) is 8.18. The largest absolute Gasteiger partial charge is 0.467 e. The van der Waals surface area contributed by atoms with Crippen molar-refractivity contribution in [2.24, 2.45) is 0 Å². The Morgan fingerprint density at radius 1 is 1.29 bits per heavy atom. The molecule has 0 spiro atoms. The third-order valence-corrected chi connectivity index (χ3v) is 4.36. The normalized spacial score (nSPS) is 13.9. The number of hydrogen-bond acceptors (Lipinski definition) is 3. The predicted octanol–water partition coefficient (Wildman–Crippen LogP) is 3.58. The van der Waals surface area contributed by atoms with E-state index >= 15 is 0 Å². The molecule has 4 rings (SSSR count). The van der Waals surface area contributed by atoms with Gasteiger partial charge in [-0.1, -0.05) is 18.2 Å². The molecule has 0 radical (unpaired) electrons. The van der Waals surface area contributed by atoms with Gasteiger partial charge in [0.15, 0.2) is 0 Å². The van der Waals surface area contributed by atoms with Gasteiger partial charge in [0.1, 0.15) is 5.76 Å². The minimum Gasteiger partial charge on any atom is -0.467 e. The molecule has 0 atom stereocenters. The standard InChI is InChI=1S/C19H19N3O2/c1-13-5-2-3-7-17(13)22-18(14-8-9-14)16(12-21-22)19(23)20-11-15-6-4-10-24-15/h2-7,10,12,14H,8-9,11H2,1H3,(H,20,23).